The van der Waals surface area contributed by atoms with Crippen LogP contribution in [0.25, 0.3) is 0 Å². The van der Waals surface area contributed by atoms with Gasteiger partial charge in [-0.1, -0.05) is 32.8 Å². The maximum Gasteiger partial charge on any atom is 0.0573 e. The predicted molar refractivity (Wildman–Crippen MR) is 89.1 cm³/mol. The maximum atomic E-state index is 6.26. The summed E-state index contributed by atoms with van der Waals surface area (Å²) in [5.41, 5.74) is 8.93. The molecule has 0 spiro atoms. The van der Waals surface area contributed by atoms with Gasteiger partial charge in [-0.25, -0.2) is 0 Å². The Kier molecular flexibility index (Phi) is 5.77. The molecule has 2 rings (SSSR count). The number of hydrogen-bond donors (Lipinski definition) is 1. The van der Waals surface area contributed by atoms with Crippen molar-refractivity contribution in [2.45, 2.75) is 65.0 Å². The molecule has 3 heteroatoms. The average Bonchev–Trinajstić information content (AvgIpc) is 2.49. The van der Waals surface area contributed by atoms with E-state index in [1.165, 1.54) is 43.4 Å². The SMILES string of the molecule is CCCN(Cc1ncccc1C)C1(CN)CCCC(C)C1. The second-order valence-electron chi connectivity index (χ2n) is 6.82. The van der Waals surface area contributed by atoms with Crippen LogP contribution in [-0.2, 0) is 6.54 Å². The molecule has 2 atom stereocenters. The molecule has 0 radical (unpaired) electrons. The Morgan fingerprint density at radius 2 is 2.29 bits per heavy atom. The van der Waals surface area contributed by atoms with Crippen molar-refractivity contribution in [3.63, 3.8) is 0 Å². The summed E-state index contributed by atoms with van der Waals surface area (Å²) < 4.78 is 0. The first-order chi connectivity index (χ1) is 10.1. The van der Waals surface area contributed by atoms with Gasteiger partial charge in [-0.3, -0.25) is 9.88 Å². The van der Waals surface area contributed by atoms with Gasteiger partial charge in [0.15, 0.2) is 0 Å². The molecule has 0 aliphatic heterocycles. The van der Waals surface area contributed by atoms with Gasteiger partial charge in [-0.2, -0.15) is 0 Å². The highest BCUT2D eigenvalue weighted by Crippen LogP contribution is 2.37. The number of rotatable bonds is 6. The third-order valence-corrected chi connectivity index (χ3v) is 5.07. The van der Waals surface area contributed by atoms with Crippen LogP contribution in [0.3, 0.4) is 0 Å². The molecule has 1 heterocycles. The van der Waals surface area contributed by atoms with Gasteiger partial charge in [0.25, 0.3) is 0 Å². The Hall–Kier alpha value is -0.930. The third kappa shape index (κ3) is 3.83. The second-order valence-corrected chi connectivity index (χ2v) is 6.82. The van der Waals surface area contributed by atoms with E-state index in [1.54, 1.807) is 0 Å². The van der Waals surface area contributed by atoms with Gasteiger partial charge >= 0.3 is 0 Å². The number of pyridine rings is 1. The van der Waals surface area contributed by atoms with Crippen LogP contribution in [0.15, 0.2) is 18.3 Å². The van der Waals surface area contributed by atoms with Crippen LogP contribution in [0, 0.1) is 12.8 Å². The number of hydrogen-bond acceptors (Lipinski definition) is 3. The van der Waals surface area contributed by atoms with Crippen molar-refractivity contribution in [3.8, 4) is 0 Å². The average molecular weight is 289 g/mol. The number of aryl methyl sites for hydroxylation is 1. The van der Waals surface area contributed by atoms with Crippen molar-refractivity contribution in [1.82, 2.24) is 9.88 Å². The van der Waals surface area contributed by atoms with Gasteiger partial charge in [-0.15, -0.1) is 0 Å². The molecule has 1 aromatic heterocycles. The van der Waals surface area contributed by atoms with E-state index in [-0.39, 0.29) is 5.54 Å². The summed E-state index contributed by atoms with van der Waals surface area (Å²) in [6.07, 6.45) is 8.20. The molecule has 21 heavy (non-hydrogen) atoms. The molecule has 2 N–H and O–H groups in total. The lowest BCUT2D eigenvalue weighted by Crippen LogP contribution is -2.56. The van der Waals surface area contributed by atoms with Crippen LogP contribution >= 0.6 is 0 Å². The first-order valence-electron chi connectivity index (χ1n) is 8.47. The zero-order chi connectivity index (χ0) is 15.3. The molecule has 0 bridgehead atoms. The normalized spacial score (nSPS) is 26.2. The highest BCUT2D eigenvalue weighted by molar-refractivity contribution is 5.18. The Bertz CT molecular complexity index is 446. The molecule has 1 aliphatic rings. The Morgan fingerprint density at radius 3 is 2.90 bits per heavy atom. The van der Waals surface area contributed by atoms with E-state index in [1.807, 2.05) is 12.3 Å². The molecular formula is C18H31N3. The zero-order valence-corrected chi connectivity index (χ0v) is 13.9. The maximum absolute atomic E-state index is 6.26. The van der Waals surface area contributed by atoms with Gasteiger partial charge in [0.05, 0.1) is 5.69 Å². The summed E-state index contributed by atoms with van der Waals surface area (Å²) in [7, 11) is 0. The van der Waals surface area contributed by atoms with E-state index in [0.29, 0.717) is 0 Å². The molecule has 118 valence electrons. The van der Waals surface area contributed by atoms with Crippen molar-refractivity contribution in [3.05, 3.63) is 29.6 Å². The summed E-state index contributed by atoms with van der Waals surface area (Å²) in [6.45, 7) is 9.60. The standard InChI is InChI=1S/C18H31N3/c1-4-11-21(13-17-16(3)8-6-10-20-17)18(14-19)9-5-7-15(2)12-18/h6,8,10,15H,4-5,7,9,11-14,19H2,1-3H3. The Labute approximate surface area is 129 Å². The van der Waals surface area contributed by atoms with E-state index in [4.69, 9.17) is 5.73 Å². The predicted octanol–water partition coefficient (Wildman–Crippen LogP) is 3.51. The van der Waals surface area contributed by atoms with Crippen LogP contribution in [0.5, 0.6) is 0 Å². The smallest absolute Gasteiger partial charge is 0.0573 e. The van der Waals surface area contributed by atoms with E-state index in [0.717, 1.165) is 25.6 Å². The molecule has 3 nitrogen and oxygen atoms in total. The van der Waals surface area contributed by atoms with E-state index < -0.39 is 0 Å². The summed E-state index contributed by atoms with van der Waals surface area (Å²) in [6, 6.07) is 4.18. The van der Waals surface area contributed by atoms with Crippen LogP contribution in [0.2, 0.25) is 0 Å². The Balaban J connectivity index is 2.22. The summed E-state index contributed by atoms with van der Waals surface area (Å²) >= 11 is 0. The third-order valence-electron chi connectivity index (χ3n) is 5.07. The monoisotopic (exact) mass is 289 g/mol. The first kappa shape index (κ1) is 16.4. The van der Waals surface area contributed by atoms with Crippen LogP contribution in [0.1, 0.15) is 57.2 Å². The fourth-order valence-corrected chi connectivity index (χ4v) is 3.85. The molecule has 2 unspecified atom stereocenters. The van der Waals surface area contributed by atoms with Crippen molar-refractivity contribution in [2.75, 3.05) is 13.1 Å². The molecule has 1 aliphatic carbocycles. The molecule has 0 aromatic carbocycles. The van der Waals surface area contributed by atoms with Crippen molar-refractivity contribution in [1.29, 1.82) is 0 Å². The van der Waals surface area contributed by atoms with Gasteiger partial charge in [0.2, 0.25) is 0 Å². The summed E-state index contributed by atoms with van der Waals surface area (Å²) in [5, 5.41) is 0. The van der Waals surface area contributed by atoms with Crippen molar-refractivity contribution >= 4 is 0 Å². The minimum Gasteiger partial charge on any atom is -0.329 e. The lowest BCUT2D eigenvalue weighted by molar-refractivity contribution is 0.0311. The molecule has 1 aromatic rings. The summed E-state index contributed by atoms with van der Waals surface area (Å²) in [4.78, 5) is 7.22. The molecule has 1 fully saturated rings. The summed E-state index contributed by atoms with van der Waals surface area (Å²) in [5.74, 6) is 0.784. The second kappa shape index (κ2) is 7.37. The fraction of sp³-hybridized carbons (Fsp3) is 0.722. The minimum atomic E-state index is 0.178. The Morgan fingerprint density at radius 1 is 1.48 bits per heavy atom. The first-order valence-corrected chi connectivity index (χ1v) is 8.47. The highest BCUT2D eigenvalue weighted by Gasteiger charge is 2.38. The van der Waals surface area contributed by atoms with Gasteiger partial charge in [0.1, 0.15) is 0 Å². The molecule has 0 amide bonds. The largest absolute Gasteiger partial charge is 0.329 e. The van der Waals surface area contributed by atoms with E-state index in [2.05, 4.69) is 36.7 Å². The van der Waals surface area contributed by atoms with Crippen molar-refractivity contribution < 1.29 is 0 Å². The minimum absolute atomic E-state index is 0.178. The number of nitrogens with zero attached hydrogens (tertiary/aromatic N) is 2. The quantitative estimate of drug-likeness (QED) is 0.871. The lowest BCUT2D eigenvalue weighted by atomic mass is 9.75. The van der Waals surface area contributed by atoms with Gasteiger partial charge in [-0.05, 0) is 50.3 Å². The van der Waals surface area contributed by atoms with Gasteiger partial charge < -0.3 is 5.73 Å². The van der Waals surface area contributed by atoms with E-state index >= 15 is 0 Å². The van der Waals surface area contributed by atoms with Crippen LogP contribution in [0.4, 0.5) is 0 Å². The number of aromatic nitrogens is 1. The highest BCUT2D eigenvalue weighted by atomic mass is 15.2. The lowest BCUT2D eigenvalue weighted by Gasteiger charge is -2.48. The molecule has 0 saturated heterocycles. The van der Waals surface area contributed by atoms with Crippen molar-refractivity contribution in [2.24, 2.45) is 11.7 Å². The van der Waals surface area contributed by atoms with Crippen LogP contribution < -0.4 is 5.73 Å². The zero-order valence-electron chi connectivity index (χ0n) is 13.9. The van der Waals surface area contributed by atoms with Crippen LogP contribution in [-0.4, -0.2) is 28.5 Å². The number of nitrogens with two attached hydrogens (primary N) is 1. The topological polar surface area (TPSA) is 42.2 Å². The fourth-order valence-electron chi connectivity index (χ4n) is 3.85. The van der Waals surface area contributed by atoms with E-state index in [9.17, 15) is 0 Å². The van der Waals surface area contributed by atoms with Gasteiger partial charge in [0, 0.05) is 24.8 Å². The molecular weight excluding hydrogens is 258 g/mol. The molecule has 1 saturated carbocycles.